The van der Waals surface area contributed by atoms with Crippen LogP contribution in [-0.4, -0.2) is 85.2 Å². The zero-order valence-corrected chi connectivity index (χ0v) is 37.2. The molecule has 1 amide bonds. The summed E-state index contributed by atoms with van der Waals surface area (Å²) in [6.07, 6.45) is 38.8. The van der Waals surface area contributed by atoms with Gasteiger partial charge in [-0.15, -0.1) is 0 Å². The van der Waals surface area contributed by atoms with Crippen molar-refractivity contribution in [2.24, 2.45) is 0 Å². The summed E-state index contributed by atoms with van der Waals surface area (Å²) in [5.74, 6) is -1.75. The minimum absolute atomic E-state index is 0.0511. The fraction of sp³-hybridized carbons (Fsp3) is 0.915. The highest BCUT2D eigenvalue weighted by Gasteiger charge is 2.27. The lowest BCUT2D eigenvalue weighted by Gasteiger charge is -2.30. The lowest BCUT2D eigenvalue weighted by atomic mass is 10.0. The smallest absolute Gasteiger partial charge is 0.305 e. The molecule has 330 valence electrons. The number of carbonyl (C=O) groups excluding carboxylic acids is 3. The number of unbranched alkanes of at least 4 members (excludes halogenated alkanes) is 28. The van der Waals surface area contributed by atoms with Crippen LogP contribution in [0.2, 0.25) is 0 Å². The Morgan fingerprint density at radius 3 is 1.00 bits per heavy atom. The lowest BCUT2D eigenvalue weighted by molar-refractivity contribution is -0.149. The quantitative estimate of drug-likeness (QED) is 0.0479. The van der Waals surface area contributed by atoms with Crippen molar-refractivity contribution in [2.45, 2.75) is 238 Å². The minimum atomic E-state index is -0.961. The molecule has 0 aliphatic carbocycles. The summed E-state index contributed by atoms with van der Waals surface area (Å²) >= 11 is 0. The van der Waals surface area contributed by atoms with E-state index in [4.69, 9.17) is 9.47 Å². The van der Waals surface area contributed by atoms with E-state index in [0.717, 1.165) is 38.5 Å². The molecular formula is C47H90N2O7. The van der Waals surface area contributed by atoms with Crippen molar-refractivity contribution < 1.29 is 33.8 Å². The van der Waals surface area contributed by atoms with Crippen molar-refractivity contribution in [1.29, 1.82) is 0 Å². The SMILES string of the molecule is CCCCCCCCCCCCCCCCCC(=O)OCCN(CCOC(=O)CCCCCCCCCCCCCCCCC)C(=O)C(CCC(=O)O)N(C)C. The van der Waals surface area contributed by atoms with Gasteiger partial charge >= 0.3 is 17.9 Å². The molecule has 0 fully saturated rings. The summed E-state index contributed by atoms with van der Waals surface area (Å²) in [6, 6.07) is -0.641. The molecule has 56 heavy (non-hydrogen) atoms. The van der Waals surface area contributed by atoms with Crippen molar-refractivity contribution >= 4 is 23.8 Å². The molecule has 0 aromatic heterocycles. The number of carbonyl (C=O) groups is 4. The minimum Gasteiger partial charge on any atom is -0.481 e. The molecule has 9 nitrogen and oxygen atoms in total. The first-order valence-corrected chi connectivity index (χ1v) is 23.7. The number of rotatable bonds is 43. The Hall–Kier alpha value is -2.16. The van der Waals surface area contributed by atoms with Gasteiger partial charge in [-0.3, -0.25) is 24.1 Å². The van der Waals surface area contributed by atoms with E-state index in [1.165, 1.54) is 159 Å². The number of carboxylic acids is 1. The predicted octanol–water partition coefficient (Wildman–Crippen LogP) is 12.2. The molecule has 0 spiro atoms. The van der Waals surface area contributed by atoms with Crippen LogP contribution in [0, 0.1) is 0 Å². The van der Waals surface area contributed by atoms with E-state index in [-0.39, 0.29) is 57.0 Å². The number of hydrogen-bond acceptors (Lipinski definition) is 7. The molecule has 0 heterocycles. The highest BCUT2D eigenvalue weighted by Crippen LogP contribution is 2.16. The summed E-state index contributed by atoms with van der Waals surface area (Å²) in [5, 5.41) is 9.22. The van der Waals surface area contributed by atoms with Gasteiger partial charge in [-0.1, -0.05) is 194 Å². The molecule has 0 aromatic carbocycles. The van der Waals surface area contributed by atoms with Crippen LogP contribution in [-0.2, 0) is 28.7 Å². The van der Waals surface area contributed by atoms with Crippen LogP contribution < -0.4 is 0 Å². The average Bonchev–Trinajstić information content (AvgIpc) is 3.17. The summed E-state index contributed by atoms with van der Waals surface area (Å²) in [5.41, 5.74) is 0. The molecule has 1 N–H and O–H groups in total. The molecule has 9 heteroatoms. The molecule has 0 saturated carbocycles. The van der Waals surface area contributed by atoms with Gasteiger partial charge in [0, 0.05) is 19.3 Å². The van der Waals surface area contributed by atoms with Crippen molar-refractivity contribution in [1.82, 2.24) is 9.80 Å². The molecule has 0 aliphatic heterocycles. The first-order chi connectivity index (χ1) is 27.2. The van der Waals surface area contributed by atoms with Crippen LogP contribution in [0.1, 0.15) is 232 Å². The summed E-state index contributed by atoms with van der Waals surface area (Å²) < 4.78 is 11.0. The summed E-state index contributed by atoms with van der Waals surface area (Å²) in [7, 11) is 3.49. The number of nitrogens with zero attached hydrogens (tertiary/aromatic N) is 2. The first-order valence-electron chi connectivity index (χ1n) is 23.7. The lowest BCUT2D eigenvalue weighted by Crippen LogP contribution is -2.48. The highest BCUT2D eigenvalue weighted by molar-refractivity contribution is 5.82. The third kappa shape index (κ3) is 36.2. The Labute approximate surface area is 345 Å². The van der Waals surface area contributed by atoms with Crippen LogP contribution in [0.25, 0.3) is 0 Å². The predicted molar refractivity (Wildman–Crippen MR) is 232 cm³/mol. The van der Waals surface area contributed by atoms with Crippen LogP contribution in [0.5, 0.6) is 0 Å². The molecular weight excluding hydrogens is 705 g/mol. The van der Waals surface area contributed by atoms with Crippen molar-refractivity contribution in [2.75, 3.05) is 40.4 Å². The Balaban J connectivity index is 4.29. The molecule has 0 radical (unpaired) electrons. The molecule has 1 unspecified atom stereocenters. The van der Waals surface area contributed by atoms with E-state index in [1.54, 1.807) is 19.0 Å². The van der Waals surface area contributed by atoms with E-state index >= 15 is 0 Å². The standard InChI is InChI=1S/C47H90N2O7/c1-5-7-9-11-13-15-17-19-21-23-25-27-29-31-33-35-45(52)55-41-39-49(47(54)43(48(3)4)37-38-44(50)51)40-42-56-46(53)36-34-32-30-28-26-24-22-20-18-16-14-12-10-8-6-2/h43H,5-42H2,1-4H3,(H,50,51). The second-order valence-corrected chi connectivity index (χ2v) is 16.6. The molecule has 0 rings (SSSR count). The van der Waals surface area contributed by atoms with Crippen molar-refractivity contribution in [3.05, 3.63) is 0 Å². The Bertz CT molecular complexity index is 876. The number of esters is 2. The van der Waals surface area contributed by atoms with Gasteiger partial charge < -0.3 is 19.5 Å². The highest BCUT2D eigenvalue weighted by atomic mass is 16.5. The zero-order chi connectivity index (χ0) is 41.3. The number of carboxylic acid groups (broad SMARTS) is 1. The zero-order valence-electron chi connectivity index (χ0n) is 37.2. The van der Waals surface area contributed by atoms with Gasteiger partial charge in [-0.2, -0.15) is 0 Å². The van der Waals surface area contributed by atoms with E-state index in [1.807, 2.05) is 0 Å². The van der Waals surface area contributed by atoms with Crippen LogP contribution in [0.15, 0.2) is 0 Å². The van der Waals surface area contributed by atoms with Gasteiger partial charge in [0.15, 0.2) is 0 Å². The van der Waals surface area contributed by atoms with E-state index in [0.29, 0.717) is 12.8 Å². The normalized spacial score (nSPS) is 11.9. The fourth-order valence-corrected chi connectivity index (χ4v) is 7.37. The Morgan fingerprint density at radius 1 is 0.446 bits per heavy atom. The molecule has 0 saturated heterocycles. The second kappa shape index (κ2) is 41.0. The van der Waals surface area contributed by atoms with E-state index in [2.05, 4.69) is 13.8 Å². The summed E-state index contributed by atoms with van der Waals surface area (Å²) in [4.78, 5) is 52.9. The maximum atomic E-state index is 13.5. The molecule has 0 aromatic rings. The molecule has 1 atom stereocenters. The Morgan fingerprint density at radius 2 is 0.732 bits per heavy atom. The average molecular weight is 795 g/mol. The number of amides is 1. The van der Waals surface area contributed by atoms with Crippen LogP contribution in [0.4, 0.5) is 0 Å². The van der Waals surface area contributed by atoms with Gasteiger partial charge in [0.25, 0.3) is 0 Å². The van der Waals surface area contributed by atoms with Crippen LogP contribution in [0.3, 0.4) is 0 Å². The maximum absolute atomic E-state index is 13.5. The van der Waals surface area contributed by atoms with E-state index in [9.17, 15) is 24.3 Å². The second-order valence-electron chi connectivity index (χ2n) is 16.6. The van der Waals surface area contributed by atoms with Crippen LogP contribution >= 0.6 is 0 Å². The van der Waals surface area contributed by atoms with Gasteiger partial charge in [0.1, 0.15) is 13.2 Å². The number of likely N-dealkylation sites (N-methyl/N-ethyl adjacent to an activating group) is 1. The third-order valence-corrected chi connectivity index (χ3v) is 11.1. The number of aliphatic carboxylic acids is 1. The summed E-state index contributed by atoms with van der Waals surface area (Å²) in [6.45, 7) is 4.96. The van der Waals surface area contributed by atoms with Gasteiger partial charge in [0.2, 0.25) is 5.91 Å². The maximum Gasteiger partial charge on any atom is 0.305 e. The van der Waals surface area contributed by atoms with Crippen molar-refractivity contribution in [3.8, 4) is 0 Å². The number of hydrogen-bond donors (Lipinski definition) is 1. The largest absolute Gasteiger partial charge is 0.481 e. The van der Waals surface area contributed by atoms with Crippen molar-refractivity contribution in [3.63, 3.8) is 0 Å². The Kier molecular flexibility index (Phi) is 39.4. The molecule has 0 bridgehead atoms. The van der Waals surface area contributed by atoms with Gasteiger partial charge in [-0.25, -0.2) is 0 Å². The van der Waals surface area contributed by atoms with Gasteiger partial charge in [0.05, 0.1) is 19.1 Å². The molecule has 0 aliphatic rings. The first kappa shape index (κ1) is 53.8. The van der Waals surface area contributed by atoms with Gasteiger partial charge in [-0.05, 0) is 33.4 Å². The van der Waals surface area contributed by atoms with E-state index < -0.39 is 12.0 Å². The fourth-order valence-electron chi connectivity index (χ4n) is 7.37. The third-order valence-electron chi connectivity index (χ3n) is 11.1. The topological polar surface area (TPSA) is 113 Å². The number of ether oxygens (including phenoxy) is 2. The monoisotopic (exact) mass is 795 g/mol.